The molecule has 1 unspecified atom stereocenters. The summed E-state index contributed by atoms with van der Waals surface area (Å²) in [5.74, 6) is 0.0934. The summed E-state index contributed by atoms with van der Waals surface area (Å²) in [5, 5.41) is 0. The highest BCUT2D eigenvalue weighted by atomic mass is 31.2. The maximum Gasteiger partial charge on any atom is 0.559 e. The molecule has 1 aromatic carbocycles. The maximum atomic E-state index is 11.7. The zero-order valence-electron chi connectivity index (χ0n) is 9.31. The molecule has 1 aromatic rings. The molecule has 0 heterocycles. The first-order valence-electron chi connectivity index (χ1n) is 4.68. The molecule has 0 saturated carbocycles. The third kappa shape index (κ3) is 3.59. The summed E-state index contributed by atoms with van der Waals surface area (Å²) in [4.78, 5) is 8.81. The first-order valence-corrected chi connectivity index (χ1v) is 6.17. The standard InChI is InChI=1S/C10H14FO4P/c1-10(2,3)8-5-4-6-9(7-8)14-16(12,13)15-11/h4-7H,1-3H3,(H,12,13). The number of phosphoric acid groups is 1. The maximum absolute atomic E-state index is 11.7. The van der Waals surface area contributed by atoms with Crippen LogP contribution in [0, 0.1) is 0 Å². The van der Waals surface area contributed by atoms with Gasteiger partial charge < -0.3 is 4.52 Å². The van der Waals surface area contributed by atoms with Crippen LogP contribution in [0.2, 0.25) is 0 Å². The predicted molar refractivity (Wildman–Crippen MR) is 57.8 cm³/mol. The Morgan fingerprint density at radius 1 is 1.38 bits per heavy atom. The molecule has 0 bridgehead atoms. The molecule has 1 rings (SSSR count). The second-order valence-electron chi connectivity index (χ2n) is 4.41. The molecule has 0 fully saturated rings. The molecule has 0 aliphatic heterocycles. The van der Waals surface area contributed by atoms with Crippen LogP contribution in [0.25, 0.3) is 0 Å². The van der Waals surface area contributed by atoms with Crippen molar-refractivity contribution >= 4 is 7.82 Å². The van der Waals surface area contributed by atoms with Gasteiger partial charge in [-0.05, 0) is 27.6 Å². The highest BCUT2D eigenvalue weighted by Crippen LogP contribution is 2.44. The highest BCUT2D eigenvalue weighted by molar-refractivity contribution is 7.47. The van der Waals surface area contributed by atoms with E-state index in [0.717, 1.165) is 5.56 Å². The fraction of sp³-hybridized carbons (Fsp3) is 0.400. The van der Waals surface area contributed by atoms with Crippen LogP contribution >= 0.6 is 7.82 Å². The Hall–Kier alpha value is -0.900. The molecule has 0 radical (unpaired) electrons. The highest BCUT2D eigenvalue weighted by Gasteiger charge is 2.24. The fourth-order valence-electron chi connectivity index (χ4n) is 1.17. The Labute approximate surface area is 93.5 Å². The lowest BCUT2D eigenvalue weighted by Gasteiger charge is -2.19. The second kappa shape index (κ2) is 4.53. The van der Waals surface area contributed by atoms with E-state index in [-0.39, 0.29) is 11.2 Å². The zero-order chi connectivity index (χ0) is 12.4. The molecule has 90 valence electrons. The average Bonchev–Trinajstić information content (AvgIpc) is 2.16. The minimum Gasteiger partial charge on any atom is -0.403 e. The number of phosphoric ester groups is 1. The topological polar surface area (TPSA) is 55.8 Å². The van der Waals surface area contributed by atoms with Crippen LogP contribution in [-0.4, -0.2) is 4.89 Å². The fourth-order valence-corrected chi connectivity index (χ4v) is 1.57. The summed E-state index contributed by atoms with van der Waals surface area (Å²) in [5.41, 5.74) is 0.777. The van der Waals surface area contributed by atoms with Gasteiger partial charge in [-0.3, -0.25) is 4.89 Å². The van der Waals surface area contributed by atoms with Gasteiger partial charge in [-0.25, -0.2) is 4.57 Å². The van der Waals surface area contributed by atoms with Gasteiger partial charge >= 0.3 is 7.82 Å². The van der Waals surface area contributed by atoms with Gasteiger partial charge in [0.25, 0.3) is 0 Å². The molecule has 0 aliphatic carbocycles. The first kappa shape index (κ1) is 13.2. The van der Waals surface area contributed by atoms with Crippen LogP contribution in [0.15, 0.2) is 24.3 Å². The molecule has 0 spiro atoms. The predicted octanol–water partition coefficient (Wildman–Crippen LogP) is 3.36. The summed E-state index contributed by atoms with van der Waals surface area (Å²) < 4.78 is 29.9. The molecule has 0 saturated heterocycles. The molecule has 16 heavy (non-hydrogen) atoms. The number of halogens is 1. The van der Waals surface area contributed by atoms with Gasteiger partial charge in [-0.15, -0.1) is 0 Å². The molecule has 1 atom stereocenters. The molecule has 6 heteroatoms. The molecule has 0 amide bonds. The monoisotopic (exact) mass is 248 g/mol. The Bertz CT molecular complexity index is 414. The first-order chi connectivity index (χ1) is 7.24. The van der Waals surface area contributed by atoms with Crippen molar-refractivity contribution in [2.24, 2.45) is 0 Å². The van der Waals surface area contributed by atoms with E-state index in [1.807, 2.05) is 26.8 Å². The smallest absolute Gasteiger partial charge is 0.403 e. The van der Waals surface area contributed by atoms with E-state index in [2.05, 4.69) is 9.25 Å². The van der Waals surface area contributed by atoms with Gasteiger partial charge in [0.05, 0.1) is 0 Å². The summed E-state index contributed by atoms with van der Waals surface area (Å²) >= 11 is 0. The van der Waals surface area contributed by atoms with Gasteiger partial charge in [0.1, 0.15) is 5.75 Å². The van der Waals surface area contributed by atoms with Crippen LogP contribution in [0.5, 0.6) is 5.75 Å². The van der Waals surface area contributed by atoms with Crippen molar-refractivity contribution in [3.05, 3.63) is 29.8 Å². The molecular formula is C10H14FO4P. The molecule has 1 N–H and O–H groups in total. The summed E-state index contributed by atoms with van der Waals surface area (Å²) in [7, 11) is -4.63. The Morgan fingerprint density at radius 2 is 2.00 bits per heavy atom. The minimum absolute atomic E-state index is 0.0934. The van der Waals surface area contributed by atoms with Crippen LogP contribution in [0.1, 0.15) is 26.3 Å². The lowest BCUT2D eigenvalue weighted by molar-refractivity contribution is -0.0363. The van der Waals surface area contributed by atoms with Crippen molar-refractivity contribution in [3.8, 4) is 5.75 Å². The lowest BCUT2D eigenvalue weighted by atomic mass is 9.87. The normalized spacial score (nSPS) is 15.6. The molecule has 0 aromatic heterocycles. The second-order valence-corrected chi connectivity index (χ2v) is 5.66. The largest absolute Gasteiger partial charge is 0.559 e. The molecular weight excluding hydrogens is 234 g/mol. The summed E-state index contributed by atoms with van der Waals surface area (Å²) in [6.45, 7) is 5.95. The van der Waals surface area contributed by atoms with E-state index in [1.54, 1.807) is 12.1 Å². The van der Waals surface area contributed by atoms with E-state index < -0.39 is 7.82 Å². The molecule has 4 nitrogen and oxygen atoms in total. The number of rotatable bonds is 3. The van der Waals surface area contributed by atoms with E-state index >= 15 is 0 Å². The van der Waals surface area contributed by atoms with Crippen LogP contribution < -0.4 is 4.52 Å². The van der Waals surface area contributed by atoms with Crippen molar-refractivity contribution in [1.82, 2.24) is 0 Å². The van der Waals surface area contributed by atoms with Crippen molar-refractivity contribution in [2.45, 2.75) is 26.2 Å². The average molecular weight is 248 g/mol. The quantitative estimate of drug-likeness (QED) is 0.833. The zero-order valence-corrected chi connectivity index (χ0v) is 10.2. The Morgan fingerprint density at radius 3 is 2.50 bits per heavy atom. The minimum atomic E-state index is -4.63. The summed E-state index contributed by atoms with van der Waals surface area (Å²) in [6, 6.07) is 6.54. The lowest BCUT2D eigenvalue weighted by Crippen LogP contribution is -2.10. The van der Waals surface area contributed by atoms with E-state index in [9.17, 15) is 9.09 Å². The van der Waals surface area contributed by atoms with Crippen LogP contribution in [0.3, 0.4) is 0 Å². The van der Waals surface area contributed by atoms with Crippen molar-refractivity contribution in [2.75, 3.05) is 0 Å². The van der Waals surface area contributed by atoms with E-state index in [4.69, 9.17) is 4.89 Å². The summed E-state index contributed by atoms with van der Waals surface area (Å²) in [6.07, 6.45) is 0. The van der Waals surface area contributed by atoms with Crippen molar-refractivity contribution in [1.29, 1.82) is 0 Å². The van der Waals surface area contributed by atoms with Gasteiger partial charge in [0.15, 0.2) is 0 Å². The van der Waals surface area contributed by atoms with Crippen molar-refractivity contribution in [3.63, 3.8) is 0 Å². The number of benzene rings is 1. The SMILES string of the molecule is CC(C)(C)c1cccc(OP(=O)(O)OF)c1. The number of hydrogen-bond donors (Lipinski definition) is 1. The third-order valence-electron chi connectivity index (χ3n) is 2.01. The third-order valence-corrected chi connectivity index (χ3v) is 2.62. The van der Waals surface area contributed by atoms with Crippen LogP contribution in [0.4, 0.5) is 4.53 Å². The van der Waals surface area contributed by atoms with Gasteiger partial charge in [-0.2, -0.15) is 0 Å². The Balaban J connectivity index is 2.96. The van der Waals surface area contributed by atoms with Gasteiger partial charge in [0.2, 0.25) is 0 Å². The van der Waals surface area contributed by atoms with E-state index in [1.165, 1.54) is 6.07 Å². The Kier molecular flexibility index (Phi) is 3.73. The van der Waals surface area contributed by atoms with Gasteiger partial charge in [0, 0.05) is 0 Å². The molecule has 0 aliphatic rings. The van der Waals surface area contributed by atoms with Crippen LogP contribution in [-0.2, 0) is 14.7 Å². The van der Waals surface area contributed by atoms with E-state index in [0.29, 0.717) is 0 Å². The van der Waals surface area contributed by atoms with Gasteiger partial charge in [-0.1, -0.05) is 37.6 Å². The van der Waals surface area contributed by atoms with Crippen molar-refractivity contribution < 1.29 is 23.2 Å². The number of hydrogen-bond acceptors (Lipinski definition) is 3.